The maximum Gasteiger partial charge on any atom is 0.387 e. The summed E-state index contributed by atoms with van der Waals surface area (Å²) >= 11 is 0. The van der Waals surface area contributed by atoms with Gasteiger partial charge >= 0.3 is 6.61 Å². The van der Waals surface area contributed by atoms with Crippen molar-refractivity contribution in [2.45, 2.75) is 32.0 Å². The molecule has 1 N–H and O–H groups in total. The van der Waals surface area contributed by atoms with Crippen LogP contribution < -0.4 is 10.1 Å². The van der Waals surface area contributed by atoms with Crippen molar-refractivity contribution < 1.29 is 18.0 Å². The lowest BCUT2D eigenvalue weighted by atomic mass is 10.1. The zero-order valence-electron chi connectivity index (χ0n) is 10.7. The largest absolute Gasteiger partial charge is 0.434 e. The molecule has 0 atom stereocenters. The molecule has 0 spiro atoms. The highest BCUT2D eigenvalue weighted by molar-refractivity contribution is 5.65. The number of nitrogens with one attached hydrogen (secondary N) is 1. The van der Waals surface area contributed by atoms with Crippen molar-refractivity contribution in [3.63, 3.8) is 0 Å². The van der Waals surface area contributed by atoms with Crippen molar-refractivity contribution in [3.05, 3.63) is 36.0 Å². The molecule has 1 fully saturated rings. The summed E-state index contributed by atoms with van der Waals surface area (Å²) in [7, 11) is 0. The average Bonchev–Trinajstić information content (AvgIpc) is 3.14. The third-order valence-corrected chi connectivity index (χ3v) is 3.08. The van der Waals surface area contributed by atoms with E-state index in [1.807, 2.05) is 0 Å². The average molecular weight is 280 g/mol. The van der Waals surface area contributed by atoms with Crippen molar-refractivity contribution in [1.82, 2.24) is 10.5 Å². The van der Waals surface area contributed by atoms with Gasteiger partial charge in [-0.15, -0.1) is 0 Å². The Kier molecular flexibility index (Phi) is 3.64. The van der Waals surface area contributed by atoms with E-state index in [9.17, 15) is 8.78 Å². The Morgan fingerprint density at radius 1 is 1.35 bits per heavy atom. The lowest BCUT2D eigenvalue weighted by molar-refractivity contribution is -0.0495. The van der Waals surface area contributed by atoms with Crippen LogP contribution in [0.5, 0.6) is 5.75 Å². The lowest BCUT2D eigenvalue weighted by Gasteiger charge is -2.07. The first-order chi connectivity index (χ1) is 9.72. The van der Waals surface area contributed by atoms with E-state index < -0.39 is 6.61 Å². The SMILES string of the molecule is FC(F)Oc1ccccc1-c1cc(CNC2CC2)no1. The second kappa shape index (κ2) is 5.58. The van der Waals surface area contributed by atoms with Gasteiger partial charge in [-0.1, -0.05) is 17.3 Å². The minimum absolute atomic E-state index is 0.0837. The summed E-state index contributed by atoms with van der Waals surface area (Å²) in [4.78, 5) is 0. The number of para-hydroxylation sites is 1. The first-order valence-electron chi connectivity index (χ1n) is 6.45. The summed E-state index contributed by atoms with van der Waals surface area (Å²) in [6.07, 6.45) is 2.38. The maximum absolute atomic E-state index is 12.4. The monoisotopic (exact) mass is 280 g/mol. The number of alkyl halides is 2. The van der Waals surface area contributed by atoms with E-state index in [2.05, 4.69) is 15.2 Å². The molecule has 4 nitrogen and oxygen atoms in total. The number of hydrogen-bond acceptors (Lipinski definition) is 4. The van der Waals surface area contributed by atoms with Crippen LogP contribution in [0.1, 0.15) is 18.5 Å². The normalized spacial score (nSPS) is 14.8. The molecular formula is C14H14F2N2O2. The highest BCUT2D eigenvalue weighted by Crippen LogP contribution is 2.31. The Bertz CT molecular complexity index is 582. The Morgan fingerprint density at radius 3 is 2.90 bits per heavy atom. The van der Waals surface area contributed by atoms with Crippen molar-refractivity contribution >= 4 is 0 Å². The Morgan fingerprint density at radius 2 is 2.15 bits per heavy atom. The molecule has 1 aliphatic rings. The van der Waals surface area contributed by atoms with Crippen LogP contribution in [-0.4, -0.2) is 17.8 Å². The van der Waals surface area contributed by atoms with Gasteiger partial charge in [-0.2, -0.15) is 8.78 Å². The van der Waals surface area contributed by atoms with Crippen LogP contribution in [0.4, 0.5) is 8.78 Å². The van der Waals surface area contributed by atoms with Crippen molar-refractivity contribution in [1.29, 1.82) is 0 Å². The molecule has 3 rings (SSSR count). The van der Waals surface area contributed by atoms with Gasteiger partial charge in [0.2, 0.25) is 0 Å². The molecule has 0 radical (unpaired) electrons. The molecule has 0 bridgehead atoms. The number of ether oxygens (including phenoxy) is 1. The number of aromatic nitrogens is 1. The van der Waals surface area contributed by atoms with E-state index in [0.29, 0.717) is 23.9 Å². The molecule has 2 aromatic rings. The van der Waals surface area contributed by atoms with E-state index in [1.54, 1.807) is 24.3 Å². The highest BCUT2D eigenvalue weighted by Gasteiger charge is 2.21. The molecule has 1 aromatic heterocycles. The molecule has 0 amide bonds. The molecule has 1 aromatic carbocycles. The minimum Gasteiger partial charge on any atom is -0.434 e. The van der Waals surface area contributed by atoms with E-state index in [0.717, 1.165) is 5.69 Å². The van der Waals surface area contributed by atoms with Gasteiger partial charge in [0.15, 0.2) is 5.76 Å². The summed E-state index contributed by atoms with van der Waals surface area (Å²) in [5.74, 6) is 0.509. The number of benzene rings is 1. The van der Waals surface area contributed by atoms with Crippen LogP contribution in [0.3, 0.4) is 0 Å². The van der Waals surface area contributed by atoms with Crippen LogP contribution >= 0.6 is 0 Å². The first kappa shape index (κ1) is 13.1. The second-order valence-electron chi connectivity index (χ2n) is 4.71. The van der Waals surface area contributed by atoms with Crippen molar-refractivity contribution in [2.75, 3.05) is 0 Å². The van der Waals surface area contributed by atoms with Gasteiger partial charge in [0.1, 0.15) is 5.75 Å². The van der Waals surface area contributed by atoms with E-state index in [4.69, 9.17) is 4.52 Å². The van der Waals surface area contributed by atoms with Gasteiger partial charge in [0.25, 0.3) is 0 Å². The predicted molar refractivity (Wildman–Crippen MR) is 68.4 cm³/mol. The lowest BCUT2D eigenvalue weighted by Crippen LogP contribution is -2.15. The van der Waals surface area contributed by atoms with E-state index in [1.165, 1.54) is 18.9 Å². The molecule has 106 valence electrons. The van der Waals surface area contributed by atoms with Crippen LogP contribution in [0.25, 0.3) is 11.3 Å². The summed E-state index contributed by atoms with van der Waals surface area (Å²) in [5.41, 5.74) is 1.22. The number of halogens is 2. The minimum atomic E-state index is -2.87. The van der Waals surface area contributed by atoms with Crippen LogP contribution in [0, 0.1) is 0 Å². The quantitative estimate of drug-likeness (QED) is 0.882. The molecule has 0 unspecified atom stereocenters. The van der Waals surface area contributed by atoms with Crippen molar-refractivity contribution in [3.8, 4) is 17.1 Å². The molecule has 0 aliphatic heterocycles. The Hall–Kier alpha value is -1.95. The van der Waals surface area contributed by atoms with Crippen LogP contribution in [0.15, 0.2) is 34.9 Å². The highest BCUT2D eigenvalue weighted by atomic mass is 19.3. The molecular weight excluding hydrogens is 266 g/mol. The first-order valence-corrected chi connectivity index (χ1v) is 6.45. The second-order valence-corrected chi connectivity index (χ2v) is 4.71. The van der Waals surface area contributed by atoms with Gasteiger partial charge in [0, 0.05) is 18.7 Å². The third kappa shape index (κ3) is 3.14. The van der Waals surface area contributed by atoms with Gasteiger partial charge < -0.3 is 14.6 Å². The third-order valence-electron chi connectivity index (χ3n) is 3.08. The molecule has 20 heavy (non-hydrogen) atoms. The van der Waals surface area contributed by atoms with Crippen LogP contribution in [-0.2, 0) is 6.54 Å². The van der Waals surface area contributed by atoms with E-state index >= 15 is 0 Å². The standard InChI is InChI=1S/C14H14F2N2O2/c15-14(16)19-12-4-2-1-3-11(12)13-7-10(18-20-13)8-17-9-5-6-9/h1-4,7,9,14,17H,5-6,8H2. The predicted octanol–water partition coefficient (Wildman–Crippen LogP) is 3.20. The molecule has 6 heteroatoms. The topological polar surface area (TPSA) is 47.3 Å². The zero-order chi connectivity index (χ0) is 13.9. The fraction of sp³-hybridized carbons (Fsp3) is 0.357. The molecule has 1 aliphatic carbocycles. The molecule has 1 saturated carbocycles. The zero-order valence-corrected chi connectivity index (χ0v) is 10.7. The maximum atomic E-state index is 12.4. The summed E-state index contributed by atoms with van der Waals surface area (Å²) < 4.78 is 34.4. The van der Waals surface area contributed by atoms with Gasteiger partial charge in [-0.3, -0.25) is 0 Å². The number of hydrogen-bond donors (Lipinski definition) is 1. The molecule has 0 saturated heterocycles. The fourth-order valence-corrected chi connectivity index (χ4v) is 1.93. The number of nitrogens with zero attached hydrogens (tertiary/aromatic N) is 1. The van der Waals surface area contributed by atoms with E-state index in [-0.39, 0.29) is 5.75 Å². The summed E-state index contributed by atoms with van der Waals surface area (Å²) in [6, 6.07) is 8.82. The van der Waals surface area contributed by atoms with Crippen molar-refractivity contribution in [2.24, 2.45) is 0 Å². The number of rotatable bonds is 6. The summed E-state index contributed by atoms with van der Waals surface area (Å²) in [6.45, 7) is -2.25. The fourth-order valence-electron chi connectivity index (χ4n) is 1.93. The van der Waals surface area contributed by atoms with Crippen LogP contribution in [0.2, 0.25) is 0 Å². The smallest absolute Gasteiger partial charge is 0.387 e. The van der Waals surface area contributed by atoms with Gasteiger partial charge in [-0.05, 0) is 25.0 Å². The Labute approximate surface area is 114 Å². The van der Waals surface area contributed by atoms with Gasteiger partial charge in [0.05, 0.1) is 11.3 Å². The van der Waals surface area contributed by atoms with Gasteiger partial charge in [-0.25, -0.2) is 0 Å². The Balaban J connectivity index is 1.77. The summed E-state index contributed by atoms with van der Waals surface area (Å²) in [5, 5.41) is 7.24. The molecule has 1 heterocycles.